The van der Waals surface area contributed by atoms with E-state index in [1.54, 1.807) is 24.3 Å². The third-order valence-corrected chi connectivity index (χ3v) is 4.99. The SMILES string of the molecule is Cn1c2c(c(=O)n(C)c1=O)[C@H](c1ccc([N+](=O)[O-])cc1)N(N=O)c1ccccc1O2. The maximum Gasteiger partial charge on any atom is 0.333 e. The predicted molar refractivity (Wildman–Crippen MR) is 107 cm³/mol. The van der Waals surface area contributed by atoms with E-state index in [2.05, 4.69) is 5.29 Å². The third-order valence-electron chi connectivity index (χ3n) is 4.99. The highest BCUT2D eigenvalue weighted by Gasteiger charge is 2.37. The van der Waals surface area contributed by atoms with Crippen molar-refractivity contribution in [1.29, 1.82) is 0 Å². The van der Waals surface area contributed by atoms with Crippen LogP contribution < -0.4 is 21.0 Å². The number of rotatable bonds is 3. The summed E-state index contributed by atoms with van der Waals surface area (Å²) in [5.74, 6) is 0.191. The number of fused-ring (bicyclic) bond motifs is 2. The summed E-state index contributed by atoms with van der Waals surface area (Å²) in [5.41, 5.74) is -0.754. The Morgan fingerprint density at radius 2 is 1.70 bits per heavy atom. The standard InChI is InChI=1S/C19H15N5O6/c1-21-17(25)15-16(11-7-9-12(10-8-11)24(28)29)23(20-27)13-5-3-4-6-14(13)30-18(15)22(2)19(21)26/h3-10,16H,1-2H3/t16-/m0/s1. The van der Waals surface area contributed by atoms with Gasteiger partial charge in [-0.1, -0.05) is 12.1 Å². The van der Waals surface area contributed by atoms with Gasteiger partial charge >= 0.3 is 5.69 Å². The minimum Gasteiger partial charge on any atom is -0.438 e. The summed E-state index contributed by atoms with van der Waals surface area (Å²) in [6.07, 6.45) is 0. The first-order chi connectivity index (χ1) is 14.3. The molecule has 4 rings (SSSR count). The van der Waals surface area contributed by atoms with Gasteiger partial charge in [-0.05, 0) is 29.8 Å². The average Bonchev–Trinajstić information content (AvgIpc) is 2.90. The Morgan fingerprint density at radius 3 is 2.33 bits per heavy atom. The van der Waals surface area contributed by atoms with Gasteiger partial charge in [0.15, 0.2) is 5.75 Å². The normalized spacial score (nSPS) is 14.9. The zero-order valence-electron chi connectivity index (χ0n) is 15.9. The molecule has 0 bridgehead atoms. The minimum absolute atomic E-state index is 0.00394. The molecule has 1 aliphatic heterocycles. The number of nitro groups is 1. The van der Waals surface area contributed by atoms with Gasteiger partial charge in [-0.15, -0.1) is 4.91 Å². The highest BCUT2D eigenvalue weighted by molar-refractivity contribution is 5.64. The van der Waals surface area contributed by atoms with E-state index in [1.807, 2.05) is 0 Å². The first-order valence-electron chi connectivity index (χ1n) is 8.78. The molecule has 11 nitrogen and oxygen atoms in total. The Hall–Kier alpha value is -4.28. The van der Waals surface area contributed by atoms with Crippen LogP contribution in [0.25, 0.3) is 0 Å². The number of ether oxygens (including phenoxy) is 1. The number of para-hydroxylation sites is 2. The number of nitroso groups, excluding NO2 is 1. The quantitative estimate of drug-likeness (QED) is 0.369. The maximum absolute atomic E-state index is 13.1. The smallest absolute Gasteiger partial charge is 0.333 e. The molecule has 2 aromatic carbocycles. The fourth-order valence-electron chi connectivity index (χ4n) is 3.48. The second-order valence-corrected chi connectivity index (χ2v) is 6.67. The van der Waals surface area contributed by atoms with Crippen molar-refractivity contribution in [2.45, 2.75) is 6.04 Å². The molecule has 0 saturated heterocycles. The highest BCUT2D eigenvalue weighted by Crippen LogP contribution is 2.45. The van der Waals surface area contributed by atoms with E-state index in [4.69, 9.17) is 4.74 Å². The minimum atomic E-state index is -1.08. The fraction of sp³-hybridized carbons (Fsp3) is 0.158. The topological polar surface area (TPSA) is 129 Å². The molecule has 11 heteroatoms. The molecule has 3 aromatic rings. The third kappa shape index (κ3) is 2.75. The van der Waals surface area contributed by atoms with Gasteiger partial charge in [0.1, 0.15) is 17.3 Å². The van der Waals surface area contributed by atoms with E-state index in [1.165, 1.54) is 42.9 Å². The van der Waals surface area contributed by atoms with Crippen molar-refractivity contribution >= 4 is 11.4 Å². The van der Waals surface area contributed by atoms with Crippen LogP contribution in [0.5, 0.6) is 11.6 Å². The van der Waals surface area contributed by atoms with E-state index in [-0.39, 0.29) is 28.6 Å². The van der Waals surface area contributed by atoms with Crippen molar-refractivity contribution in [3.05, 3.63) is 95.5 Å². The summed E-state index contributed by atoms with van der Waals surface area (Å²) in [7, 11) is 2.76. The Labute approximate surface area is 168 Å². The molecule has 152 valence electrons. The Balaban J connectivity index is 2.09. The van der Waals surface area contributed by atoms with Gasteiger partial charge in [0.05, 0.1) is 10.2 Å². The van der Waals surface area contributed by atoms with Gasteiger partial charge in [0.25, 0.3) is 11.2 Å². The van der Waals surface area contributed by atoms with Crippen molar-refractivity contribution in [1.82, 2.24) is 9.13 Å². The maximum atomic E-state index is 13.1. The van der Waals surface area contributed by atoms with Crippen molar-refractivity contribution in [3.8, 4) is 11.6 Å². The lowest BCUT2D eigenvalue weighted by atomic mass is 9.99. The summed E-state index contributed by atoms with van der Waals surface area (Å²) in [6.45, 7) is 0. The van der Waals surface area contributed by atoms with Crippen molar-refractivity contribution in [3.63, 3.8) is 0 Å². The molecule has 0 spiro atoms. The van der Waals surface area contributed by atoms with Gasteiger partial charge in [-0.2, -0.15) is 0 Å². The number of non-ortho nitro benzene ring substituents is 1. The lowest BCUT2D eigenvalue weighted by Crippen LogP contribution is -2.41. The predicted octanol–water partition coefficient (Wildman–Crippen LogP) is 2.38. The second-order valence-electron chi connectivity index (χ2n) is 6.67. The van der Waals surface area contributed by atoms with Crippen LogP contribution >= 0.6 is 0 Å². The number of nitrogens with zero attached hydrogens (tertiary/aromatic N) is 5. The fourth-order valence-corrected chi connectivity index (χ4v) is 3.48. The summed E-state index contributed by atoms with van der Waals surface area (Å²) >= 11 is 0. The van der Waals surface area contributed by atoms with Crippen LogP contribution in [0.4, 0.5) is 11.4 Å². The number of nitro benzene ring substituents is 1. The zero-order valence-corrected chi connectivity index (χ0v) is 15.9. The summed E-state index contributed by atoms with van der Waals surface area (Å²) < 4.78 is 7.97. The van der Waals surface area contributed by atoms with Crippen LogP contribution in [0.15, 0.2) is 63.4 Å². The number of aromatic nitrogens is 2. The first-order valence-corrected chi connectivity index (χ1v) is 8.78. The second kappa shape index (κ2) is 6.95. The molecule has 2 heterocycles. The summed E-state index contributed by atoms with van der Waals surface area (Å²) in [6, 6.07) is 10.8. The van der Waals surface area contributed by atoms with Gasteiger partial charge in [0, 0.05) is 26.2 Å². The molecule has 30 heavy (non-hydrogen) atoms. The number of hydrogen-bond donors (Lipinski definition) is 0. The molecule has 1 atom stereocenters. The molecule has 1 aliphatic rings. The Kier molecular flexibility index (Phi) is 4.42. The van der Waals surface area contributed by atoms with Crippen molar-refractivity contribution < 1.29 is 9.66 Å². The first kappa shape index (κ1) is 19.1. The van der Waals surface area contributed by atoms with Crippen LogP contribution in [-0.2, 0) is 14.1 Å². The van der Waals surface area contributed by atoms with Gasteiger partial charge in [-0.3, -0.25) is 24.0 Å². The van der Waals surface area contributed by atoms with Gasteiger partial charge in [-0.25, -0.2) is 9.80 Å². The monoisotopic (exact) mass is 409 g/mol. The molecule has 0 radical (unpaired) electrons. The Morgan fingerprint density at radius 1 is 1.03 bits per heavy atom. The number of benzene rings is 2. The van der Waals surface area contributed by atoms with E-state index in [9.17, 15) is 24.6 Å². The average molecular weight is 409 g/mol. The molecular weight excluding hydrogens is 394 g/mol. The van der Waals surface area contributed by atoms with Gasteiger partial charge in [0.2, 0.25) is 5.88 Å². The Bertz CT molecular complexity index is 1290. The van der Waals surface area contributed by atoms with E-state index in [0.29, 0.717) is 5.56 Å². The molecule has 0 N–H and O–H groups in total. The van der Waals surface area contributed by atoms with Crippen molar-refractivity contribution in [2.75, 3.05) is 5.01 Å². The molecule has 0 fully saturated rings. The summed E-state index contributed by atoms with van der Waals surface area (Å²) in [4.78, 5) is 48.0. The number of hydrogen-bond acceptors (Lipinski definition) is 7. The van der Waals surface area contributed by atoms with Crippen LogP contribution in [0, 0.1) is 15.0 Å². The molecule has 1 aromatic heterocycles. The van der Waals surface area contributed by atoms with Gasteiger partial charge < -0.3 is 4.74 Å². The zero-order chi connectivity index (χ0) is 21.6. The van der Waals surface area contributed by atoms with Crippen LogP contribution in [0.2, 0.25) is 0 Å². The molecular formula is C19H15N5O6. The molecule has 0 amide bonds. The molecule has 0 unspecified atom stereocenters. The lowest BCUT2D eigenvalue weighted by molar-refractivity contribution is -0.384. The van der Waals surface area contributed by atoms with Crippen LogP contribution in [0.1, 0.15) is 17.2 Å². The van der Waals surface area contributed by atoms with Crippen molar-refractivity contribution in [2.24, 2.45) is 19.4 Å². The van der Waals surface area contributed by atoms with E-state index < -0.39 is 22.2 Å². The van der Waals surface area contributed by atoms with E-state index >= 15 is 0 Å². The largest absolute Gasteiger partial charge is 0.438 e. The van der Waals surface area contributed by atoms with Crippen LogP contribution in [-0.4, -0.2) is 14.1 Å². The van der Waals surface area contributed by atoms with Crippen LogP contribution in [0.3, 0.4) is 0 Å². The lowest BCUT2D eigenvalue weighted by Gasteiger charge is -2.25. The molecule has 0 saturated carbocycles. The van der Waals surface area contributed by atoms with E-state index in [0.717, 1.165) is 9.58 Å². The summed E-state index contributed by atoms with van der Waals surface area (Å²) in [5, 5.41) is 15.2. The molecule has 0 aliphatic carbocycles. The highest BCUT2D eigenvalue weighted by atomic mass is 16.6. The number of anilines is 1.